The highest BCUT2D eigenvalue weighted by Gasteiger charge is 2.28. The maximum atomic E-state index is 11.0. The van der Waals surface area contributed by atoms with Crippen molar-refractivity contribution in [1.29, 1.82) is 0 Å². The molecular weight excluding hydrogens is 238 g/mol. The lowest BCUT2D eigenvalue weighted by Crippen LogP contribution is -2.37. The predicted octanol–water partition coefficient (Wildman–Crippen LogP) is 1.47. The highest BCUT2D eigenvalue weighted by atomic mass is 32.2. The van der Waals surface area contributed by atoms with Gasteiger partial charge in [-0.15, -0.1) is 11.8 Å². The maximum absolute atomic E-state index is 11.0. The Hall–Kier alpha value is -1.49. The lowest BCUT2D eigenvalue weighted by molar-refractivity contribution is -0.140. The summed E-state index contributed by atoms with van der Waals surface area (Å²) >= 11 is 1.74. The van der Waals surface area contributed by atoms with Gasteiger partial charge in [0.2, 0.25) is 6.41 Å². The fourth-order valence-corrected chi connectivity index (χ4v) is 3.30. The monoisotopic (exact) mass is 251 g/mol. The molecule has 0 aliphatic carbocycles. The molecule has 4 nitrogen and oxygen atoms in total. The van der Waals surface area contributed by atoms with Crippen molar-refractivity contribution >= 4 is 24.1 Å². The predicted molar refractivity (Wildman–Crippen MR) is 65.1 cm³/mol. The second-order valence-corrected chi connectivity index (χ2v) is 5.02. The Morgan fingerprint density at radius 3 is 3.06 bits per heavy atom. The van der Waals surface area contributed by atoms with E-state index >= 15 is 0 Å². The van der Waals surface area contributed by atoms with Crippen molar-refractivity contribution in [3.63, 3.8) is 0 Å². The second kappa shape index (κ2) is 5.23. The molecule has 1 amide bonds. The van der Waals surface area contributed by atoms with Crippen LogP contribution in [0, 0.1) is 0 Å². The van der Waals surface area contributed by atoms with Gasteiger partial charge in [0.05, 0.1) is 0 Å². The van der Waals surface area contributed by atoms with Gasteiger partial charge in [-0.3, -0.25) is 4.79 Å². The molecule has 0 spiro atoms. The molecule has 0 aromatic heterocycles. The number of hydrogen-bond acceptors (Lipinski definition) is 3. The number of thioether (sulfide) groups is 1. The van der Waals surface area contributed by atoms with Gasteiger partial charge in [0.15, 0.2) is 0 Å². The molecule has 2 atom stereocenters. The number of nitrogens with one attached hydrogen (secondary N) is 1. The van der Waals surface area contributed by atoms with E-state index < -0.39 is 12.0 Å². The minimum Gasteiger partial charge on any atom is -0.480 e. The van der Waals surface area contributed by atoms with E-state index in [1.807, 2.05) is 24.3 Å². The fourth-order valence-electron chi connectivity index (χ4n) is 2.03. The molecule has 2 N–H and O–H groups in total. The first kappa shape index (κ1) is 12.0. The first-order valence-electron chi connectivity index (χ1n) is 5.36. The van der Waals surface area contributed by atoms with Crippen LogP contribution in [0.2, 0.25) is 0 Å². The number of benzene rings is 1. The highest BCUT2D eigenvalue weighted by Crippen LogP contribution is 2.41. The second-order valence-electron chi connectivity index (χ2n) is 3.96. The van der Waals surface area contributed by atoms with E-state index in [0.29, 0.717) is 12.8 Å². The molecule has 5 heteroatoms. The lowest BCUT2D eigenvalue weighted by Gasteiger charge is -2.16. The van der Waals surface area contributed by atoms with Crippen molar-refractivity contribution < 1.29 is 14.7 Å². The van der Waals surface area contributed by atoms with Crippen LogP contribution in [0.3, 0.4) is 0 Å². The van der Waals surface area contributed by atoms with Crippen LogP contribution in [0.4, 0.5) is 0 Å². The zero-order valence-corrected chi connectivity index (χ0v) is 9.94. The summed E-state index contributed by atoms with van der Waals surface area (Å²) in [6.45, 7) is 0. The summed E-state index contributed by atoms with van der Waals surface area (Å²) in [5.74, 6) is 0.0974. The van der Waals surface area contributed by atoms with Gasteiger partial charge in [-0.05, 0) is 24.0 Å². The zero-order valence-electron chi connectivity index (χ0n) is 9.13. The molecule has 0 radical (unpaired) electrons. The summed E-state index contributed by atoms with van der Waals surface area (Å²) in [7, 11) is 0. The van der Waals surface area contributed by atoms with E-state index in [2.05, 4.69) is 5.32 Å². The number of fused-ring (bicyclic) bond motifs is 1. The first-order chi connectivity index (χ1) is 8.22. The van der Waals surface area contributed by atoms with Crippen LogP contribution >= 0.6 is 11.8 Å². The van der Waals surface area contributed by atoms with E-state index in [0.717, 1.165) is 5.75 Å². The van der Waals surface area contributed by atoms with Gasteiger partial charge >= 0.3 is 5.97 Å². The standard InChI is InChI=1S/C12H13NO3S/c14-7-13-10(12(15)16)5-8-6-17-11-4-2-1-3-9(8)11/h1-4,7-8,10H,5-6H2,(H,13,14)(H,15,16). The van der Waals surface area contributed by atoms with E-state index in [1.165, 1.54) is 10.5 Å². The Balaban J connectivity index is 2.10. The number of rotatable bonds is 5. The summed E-state index contributed by atoms with van der Waals surface area (Å²) in [5.41, 5.74) is 1.19. The molecule has 1 aromatic rings. The number of aliphatic carboxylic acids is 1. The molecule has 1 aliphatic heterocycles. The van der Waals surface area contributed by atoms with Crippen LogP contribution in [0.1, 0.15) is 17.9 Å². The SMILES string of the molecule is O=CNC(CC1CSc2ccccc21)C(=O)O. The van der Waals surface area contributed by atoms with E-state index in [4.69, 9.17) is 5.11 Å². The molecule has 1 aromatic carbocycles. The number of carboxylic acids is 1. The quantitative estimate of drug-likeness (QED) is 0.778. The maximum Gasteiger partial charge on any atom is 0.326 e. The number of carbonyl (C=O) groups is 2. The lowest BCUT2D eigenvalue weighted by atomic mass is 9.94. The topological polar surface area (TPSA) is 66.4 Å². The molecule has 2 rings (SSSR count). The normalized spacial score (nSPS) is 19.4. The first-order valence-corrected chi connectivity index (χ1v) is 6.35. The number of carboxylic acid groups (broad SMARTS) is 1. The zero-order chi connectivity index (χ0) is 12.3. The molecule has 0 saturated carbocycles. The number of amides is 1. The molecule has 0 saturated heterocycles. The minimum atomic E-state index is -0.980. The Kier molecular flexibility index (Phi) is 3.68. The highest BCUT2D eigenvalue weighted by molar-refractivity contribution is 7.99. The van der Waals surface area contributed by atoms with Gasteiger partial charge in [-0.25, -0.2) is 4.79 Å². The van der Waals surface area contributed by atoms with E-state index in [-0.39, 0.29) is 5.92 Å². The molecule has 0 fully saturated rings. The molecule has 1 aliphatic rings. The van der Waals surface area contributed by atoms with Crippen LogP contribution in [-0.2, 0) is 9.59 Å². The van der Waals surface area contributed by atoms with Crippen LogP contribution < -0.4 is 5.32 Å². The van der Waals surface area contributed by atoms with Crippen LogP contribution in [0.15, 0.2) is 29.2 Å². The van der Waals surface area contributed by atoms with Crippen molar-refractivity contribution in [1.82, 2.24) is 5.32 Å². The molecule has 0 bridgehead atoms. The van der Waals surface area contributed by atoms with Crippen LogP contribution in [-0.4, -0.2) is 29.3 Å². The van der Waals surface area contributed by atoms with Gasteiger partial charge in [0.1, 0.15) is 6.04 Å². The molecule has 2 unspecified atom stereocenters. The third kappa shape index (κ3) is 2.61. The largest absolute Gasteiger partial charge is 0.480 e. The summed E-state index contributed by atoms with van der Waals surface area (Å²) in [5, 5.41) is 11.3. The van der Waals surface area contributed by atoms with Crippen molar-refractivity contribution in [3.8, 4) is 0 Å². The van der Waals surface area contributed by atoms with Crippen LogP contribution in [0.5, 0.6) is 0 Å². The van der Waals surface area contributed by atoms with Crippen molar-refractivity contribution in [2.45, 2.75) is 23.3 Å². The van der Waals surface area contributed by atoms with Gasteiger partial charge in [-0.1, -0.05) is 18.2 Å². The van der Waals surface area contributed by atoms with Crippen molar-refractivity contribution in [2.75, 3.05) is 5.75 Å². The third-order valence-corrected chi connectivity index (χ3v) is 4.14. The average molecular weight is 251 g/mol. The van der Waals surface area contributed by atoms with Gasteiger partial charge in [-0.2, -0.15) is 0 Å². The average Bonchev–Trinajstić information content (AvgIpc) is 2.72. The Bertz CT molecular complexity index is 436. The smallest absolute Gasteiger partial charge is 0.326 e. The number of hydrogen-bond donors (Lipinski definition) is 2. The Morgan fingerprint density at radius 2 is 2.35 bits per heavy atom. The third-order valence-electron chi connectivity index (χ3n) is 2.89. The van der Waals surface area contributed by atoms with E-state index in [9.17, 15) is 9.59 Å². The van der Waals surface area contributed by atoms with Gasteiger partial charge in [0, 0.05) is 10.6 Å². The fraction of sp³-hybridized carbons (Fsp3) is 0.333. The van der Waals surface area contributed by atoms with Gasteiger partial charge in [0.25, 0.3) is 0 Å². The minimum absolute atomic E-state index is 0.199. The summed E-state index contributed by atoms with van der Waals surface area (Å²) in [4.78, 5) is 22.5. The molecule has 90 valence electrons. The van der Waals surface area contributed by atoms with Gasteiger partial charge < -0.3 is 10.4 Å². The summed E-state index contributed by atoms with van der Waals surface area (Å²) in [6, 6.07) is 7.21. The Morgan fingerprint density at radius 1 is 1.59 bits per heavy atom. The summed E-state index contributed by atoms with van der Waals surface area (Å²) < 4.78 is 0. The molecular formula is C12H13NO3S. The number of carbonyl (C=O) groups excluding carboxylic acids is 1. The molecule has 17 heavy (non-hydrogen) atoms. The van der Waals surface area contributed by atoms with Crippen LogP contribution in [0.25, 0.3) is 0 Å². The van der Waals surface area contributed by atoms with Crippen molar-refractivity contribution in [2.24, 2.45) is 0 Å². The van der Waals surface area contributed by atoms with Crippen molar-refractivity contribution in [3.05, 3.63) is 29.8 Å². The van der Waals surface area contributed by atoms with E-state index in [1.54, 1.807) is 11.8 Å². The Labute approximate surface area is 103 Å². The molecule has 1 heterocycles. The summed E-state index contributed by atoms with van der Waals surface area (Å²) in [6.07, 6.45) is 0.894.